The van der Waals surface area contributed by atoms with E-state index in [9.17, 15) is 14.4 Å². The third-order valence-electron chi connectivity index (χ3n) is 7.39. The van der Waals surface area contributed by atoms with Gasteiger partial charge in [-0.1, -0.05) is 98.2 Å². The van der Waals surface area contributed by atoms with E-state index in [-0.39, 0.29) is 30.8 Å². The van der Waals surface area contributed by atoms with Gasteiger partial charge in [0.1, 0.15) is 6.04 Å². The van der Waals surface area contributed by atoms with Crippen LogP contribution in [0.4, 0.5) is 4.79 Å². The second kappa shape index (κ2) is 15.2. The second-order valence-electron chi connectivity index (χ2n) is 11.5. The number of nitrogens with zero attached hydrogens (tertiary/aromatic N) is 3. The Labute approximate surface area is 263 Å². The topological polar surface area (TPSA) is 110 Å². The predicted molar refractivity (Wildman–Crippen MR) is 172 cm³/mol. The lowest BCUT2D eigenvalue weighted by atomic mass is 9.84. The van der Waals surface area contributed by atoms with Crippen LogP contribution in [0.1, 0.15) is 36.2 Å². The molecule has 4 rings (SSSR count). The highest BCUT2D eigenvalue weighted by atomic mass is 35.5. The van der Waals surface area contributed by atoms with Gasteiger partial charge in [0.05, 0.1) is 18.6 Å². The lowest BCUT2D eigenvalue weighted by molar-refractivity contribution is -0.138. The molecule has 0 aliphatic heterocycles. The average molecular weight is 615 g/mol. The smallest absolute Gasteiger partial charge is 0.318 e. The minimum Gasteiger partial charge on any atom is -0.354 e. The van der Waals surface area contributed by atoms with Crippen LogP contribution in [-0.4, -0.2) is 63.8 Å². The van der Waals surface area contributed by atoms with Gasteiger partial charge in [-0.3, -0.25) is 9.59 Å². The molecule has 1 heterocycles. The summed E-state index contributed by atoms with van der Waals surface area (Å²) in [6.45, 7) is 4.82. The largest absolute Gasteiger partial charge is 0.354 e. The molecular formula is C34H39ClN6O3. The summed E-state index contributed by atoms with van der Waals surface area (Å²) in [6, 6.07) is 25.3. The van der Waals surface area contributed by atoms with Gasteiger partial charge < -0.3 is 25.4 Å². The monoisotopic (exact) mass is 614 g/mol. The molecule has 0 bridgehead atoms. The molecule has 3 aromatic carbocycles. The van der Waals surface area contributed by atoms with Crippen LogP contribution >= 0.6 is 11.6 Å². The first-order valence-corrected chi connectivity index (χ1v) is 14.9. The van der Waals surface area contributed by atoms with Gasteiger partial charge in [-0.15, -0.1) is 0 Å². The number of aromatic nitrogens is 2. The fraction of sp³-hybridized carbons (Fsp3) is 0.294. The number of halogens is 1. The van der Waals surface area contributed by atoms with Crippen LogP contribution in [0.3, 0.4) is 0 Å². The van der Waals surface area contributed by atoms with E-state index >= 15 is 0 Å². The summed E-state index contributed by atoms with van der Waals surface area (Å²) in [6.07, 6.45) is 3.35. The molecule has 0 radical (unpaired) electrons. The zero-order chi connectivity index (χ0) is 31.5. The summed E-state index contributed by atoms with van der Waals surface area (Å²) in [5, 5.41) is 6.46. The SMILES string of the molecule is CN(Cc1ccccc1)C(=O)N[C@@H](Cc1c[nH]cn1)C(=O)N(CC(=O)NCC(C)(C)c1ccccc1)Cc1ccc(Cl)cc1. The molecular weight excluding hydrogens is 576 g/mol. The third-order valence-corrected chi connectivity index (χ3v) is 7.64. The van der Waals surface area contributed by atoms with E-state index in [4.69, 9.17) is 11.6 Å². The fourth-order valence-corrected chi connectivity index (χ4v) is 4.91. The van der Waals surface area contributed by atoms with Gasteiger partial charge in [0.2, 0.25) is 11.8 Å². The molecule has 0 spiro atoms. The molecule has 0 aliphatic carbocycles. The molecule has 1 aromatic heterocycles. The Balaban J connectivity index is 1.52. The van der Waals surface area contributed by atoms with Gasteiger partial charge in [0, 0.05) is 49.7 Å². The molecule has 1 atom stereocenters. The Bertz CT molecular complexity index is 1500. The Morgan fingerprint density at radius 3 is 2.18 bits per heavy atom. The third kappa shape index (κ3) is 9.44. The van der Waals surface area contributed by atoms with Crippen molar-refractivity contribution in [1.29, 1.82) is 0 Å². The Kier molecular flexibility index (Phi) is 11.2. The number of rotatable bonds is 13. The zero-order valence-electron chi connectivity index (χ0n) is 25.3. The minimum atomic E-state index is -0.968. The molecule has 230 valence electrons. The summed E-state index contributed by atoms with van der Waals surface area (Å²) in [4.78, 5) is 50.9. The van der Waals surface area contributed by atoms with E-state index < -0.39 is 18.0 Å². The van der Waals surface area contributed by atoms with Crippen LogP contribution in [0.5, 0.6) is 0 Å². The quantitative estimate of drug-likeness (QED) is 0.198. The molecule has 0 saturated carbocycles. The molecule has 10 heteroatoms. The zero-order valence-corrected chi connectivity index (χ0v) is 26.1. The molecule has 0 unspecified atom stereocenters. The first-order chi connectivity index (χ1) is 21.1. The number of carbonyl (C=O) groups excluding carboxylic acids is 3. The van der Waals surface area contributed by atoms with Gasteiger partial charge in [0.15, 0.2) is 0 Å². The standard InChI is InChI=1S/C34H39ClN6O3/c1-34(2,27-12-8-5-9-13-27)23-37-31(42)22-41(21-26-14-16-28(35)17-15-26)32(43)30(18-29-19-36-24-38-29)39-33(44)40(3)20-25-10-6-4-7-11-25/h4-17,19,24,30H,18,20-23H2,1-3H3,(H,36,38)(H,37,42)(H,39,44)/t30-/m0/s1. The van der Waals surface area contributed by atoms with Gasteiger partial charge in [-0.25, -0.2) is 9.78 Å². The van der Waals surface area contributed by atoms with Crippen molar-refractivity contribution in [2.75, 3.05) is 20.1 Å². The van der Waals surface area contributed by atoms with Crippen LogP contribution < -0.4 is 10.6 Å². The van der Waals surface area contributed by atoms with Crippen molar-refractivity contribution >= 4 is 29.4 Å². The number of benzene rings is 3. The van der Waals surface area contributed by atoms with Crippen LogP contribution in [0.2, 0.25) is 5.02 Å². The van der Waals surface area contributed by atoms with Crippen LogP contribution in [-0.2, 0) is 34.5 Å². The summed E-state index contributed by atoms with van der Waals surface area (Å²) < 4.78 is 0. The maximum Gasteiger partial charge on any atom is 0.318 e. The Morgan fingerprint density at radius 1 is 0.909 bits per heavy atom. The number of nitrogens with one attached hydrogen (secondary N) is 3. The number of urea groups is 1. The summed E-state index contributed by atoms with van der Waals surface area (Å²) >= 11 is 6.10. The molecule has 0 aliphatic rings. The Morgan fingerprint density at radius 2 is 1.55 bits per heavy atom. The summed E-state index contributed by atoms with van der Waals surface area (Å²) in [7, 11) is 1.67. The number of hydrogen-bond donors (Lipinski definition) is 3. The number of imidazole rings is 1. The number of carbonyl (C=O) groups is 3. The molecule has 4 aromatic rings. The lowest BCUT2D eigenvalue weighted by Crippen LogP contribution is -2.54. The van der Waals surface area contributed by atoms with Crippen molar-refractivity contribution in [2.45, 2.75) is 44.8 Å². The van der Waals surface area contributed by atoms with Crippen LogP contribution in [0, 0.1) is 0 Å². The van der Waals surface area contributed by atoms with Crippen molar-refractivity contribution in [3.8, 4) is 0 Å². The van der Waals surface area contributed by atoms with E-state index in [0.717, 1.165) is 16.7 Å². The van der Waals surface area contributed by atoms with Crippen molar-refractivity contribution in [1.82, 2.24) is 30.4 Å². The fourth-order valence-electron chi connectivity index (χ4n) is 4.78. The highest BCUT2D eigenvalue weighted by Gasteiger charge is 2.30. The first-order valence-electron chi connectivity index (χ1n) is 14.5. The van der Waals surface area contributed by atoms with Crippen molar-refractivity contribution < 1.29 is 14.4 Å². The Hall–Kier alpha value is -4.63. The van der Waals surface area contributed by atoms with Gasteiger partial charge in [-0.05, 0) is 28.8 Å². The van der Waals surface area contributed by atoms with E-state index in [1.165, 1.54) is 16.1 Å². The van der Waals surface area contributed by atoms with E-state index in [2.05, 4.69) is 34.4 Å². The molecule has 0 fully saturated rings. The number of amides is 4. The molecule has 4 amide bonds. The predicted octanol–water partition coefficient (Wildman–Crippen LogP) is 4.94. The molecule has 3 N–H and O–H groups in total. The summed E-state index contributed by atoms with van der Waals surface area (Å²) in [5.74, 6) is -0.704. The van der Waals surface area contributed by atoms with Gasteiger partial charge in [-0.2, -0.15) is 0 Å². The normalized spacial score (nSPS) is 11.8. The van der Waals surface area contributed by atoms with Crippen LogP contribution in [0.25, 0.3) is 0 Å². The molecule has 44 heavy (non-hydrogen) atoms. The lowest BCUT2D eigenvalue weighted by Gasteiger charge is -2.30. The number of hydrogen-bond acceptors (Lipinski definition) is 4. The maximum absolute atomic E-state index is 14.2. The average Bonchev–Trinajstić information content (AvgIpc) is 3.54. The van der Waals surface area contributed by atoms with Gasteiger partial charge >= 0.3 is 6.03 Å². The molecule has 9 nitrogen and oxygen atoms in total. The highest BCUT2D eigenvalue weighted by molar-refractivity contribution is 6.30. The van der Waals surface area contributed by atoms with E-state index in [1.54, 1.807) is 25.4 Å². The highest BCUT2D eigenvalue weighted by Crippen LogP contribution is 2.22. The minimum absolute atomic E-state index is 0.146. The van der Waals surface area contributed by atoms with Gasteiger partial charge in [0.25, 0.3) is 0 Å². The van der Waals surface area contributed by atoms with E-state index in [0.29, 0.717) is 23.8 Å². The molecule has 0 saturated heterocycles. The summed E-state index contributed by atoms with van der Waals surface area (Å²) in [5.41, 5.74) is 3.14. The van der Waals surface area contributed by atoms with E-state index in [1.807, 2.05) is 72.8 Å². The van der Waals surface area contributed by atoms with Crippen LogP contribution in [0.15, 0.2) is 97.5 Å². The first kappa shape index (κ1) is 32.3. The number of H-pyrrole nitrogens is 1. The van der Waals surface area contributed by atoms with Crippen molar-refractivity contribution in [3.63, 3.8) is 0 Å². The van der Waals surface area contributed by atoms with Crippen molar-refractivity contribution in [3.05, 3.63) is 125 Å². The number of aromatic amines is 1. The second-order valence-corrected chi connectivity index (χ2v) is 11.9. The maximum atomic E-state index is 14.2. The van der Waals surface area contributed by atoms with Crippen molar-refractivity contribution in [2.24, 2.45) is 0 Å².